The van der Waals surface area contributed by atoms with Crippen LogP contribution >= 0.6 is 0 Å². The monoisotopic (exact) mass is 432 g/mol. The molecule has 0 spiro atoms. The van der Waals surface area contributed by atoms with E-state index in [-0.39, 0.29) is 23.7 Å². The summed E-state index contributed by atoms with van der Waals surface area (Å²) in [5.41, 5.74) is 3.67. The predicted octanol–water partition coefficient (Wildman–Crippen LogP) is 3.45. The molecule has 32 heavy (non-hydrogen) atoms. The first-order chi connectivity index (χ1) is 15.5. The molecule has 0 aromatic rings. The van der Waals surface area contributed by atoms with Crippen LogP contribution in [-0.2, 0) is 0 Å². The van der Waals surface area contributed by atoms with Crippen LogP contribution in [0.1, 0.15) is 25.7 Å². The first kappa shape index (κ1) is 21.6. The summed E-state index contributed by atoms with van der Waals surface area (Å²) in [5.74, 6) is -0.435. The van der Waals surface area contributed by atoms with E-state index in [1.54, 1.807) is 0 Å². The zero-order chi connectivity index (χ0) is 22.2. The molecule has 1 saturated carbocycles. The Labute approximate surface area is 189 Å². The second-order valence-electron chi connectivity index (χ2n) is 9.76. The van der Waals surface area contributed by atoms with Crippen molar-refractivity contribution >= 4 is 0 Å². The third-order valence-corrected chi connectivity index (χ3v) is 7.70. The minimum Gasteiger partial charge on any atom is -0.388 e. The molecule has 0 radical (unpaired) electrons. The van der Waals surface area contributed by atoms with Crippen LogP contribution in [0.15, 0.2) is 95.2 Å². The molecule has 0 heterocycles. The van der Waals surface area contributed by atoms with Gasteiger partial charge in [0.2, 0.25) is 0 Å². The Morgan fingerprint density at radius 3 is 0.844 bits per heavy atom. The highest BCUT2D eigenvalue weighted by molar-refractivity contribution is 5.35. The van der Waals surface area contributed by atoms with Crippen LogP contribution in [0, 0.1) is 23.7 Å². The second kappa shape index (κ2) is 8.95. The standard InChI is InChI=1S/C28H32O4/c29-25-17-5-1-6-18(25)14-20-8-3-10-22(27(20)31)16-24-12-4-11-23(28(24)32)15-21-9-2-7-19(13-17)26(21)30/h1-12,17,20-21,24-32H,13-16H2. The third-order valence-electron chi connectivity index (χ3n) is 7.70. The summed E-state index contributed by atoms with van der Waals surface area (Å²) in [6, 6.07) is 0. The van der Waals surface area contributed by atoms with Crippen LogP contribution in [0.25, 0.3) is 0 Å². The van der Waals surface area contributed by atoms with E-state index in [1.807, 2.05) is 72.9 Å². The smallest absolute Gasteiger partial charge is 0.0819 e. The molecule has 168 valence electrons. The van der Waals surface area contributed by atoms with Gasteiger partial charge in [0.15, 0.2) is 0 Å². The highest BCUT2D eigenvalue weighted by atomic mass is 16.3. The van der Waals surface area contributed by atoms with E-state index >= 15 is 0 Å². The van der Waals surface area contributed by atoms with Gasteiger partial charge in [-0.3, -0.25) is 0 Å². The molecular weight excluding hydrogens is 400 g/mol. The fourth-order valence-corrected chi connectivity index (χ4v) is 5.77. The molecule has 5 rings (SSSR count). The topological polar surface area (TPSA) is 80.9 Å². The fourth-order valence-electron chi connectivity index (χ4n) is 5.77. The zero-order valence-corrected chi connectivity index (χ0v) is 18.2. The minimum atomic E-state index is -0.632. The van der Waals surface area contributed by atoms with Crippen molar-refractivity contribution in [1.82, 2.24) is 0 Å². The Morgan fingerprint density at radius 2 is 0.625 bits per heavy atom. The molecule has 8 bridgehead atoms. The summed E-state index contributed by atoms with van der Waals surface area (Å²) in [6.45, 7) is 0. The van der Waals surface area contributed by atoms with E-state index in [1.165, 1.54) is 0 Å². The van der Waals surface area contributed by atoms with Crippen molar-refractivity contribution in [2.75, 3.05) is 0 Å². The lowest BCUT2D eigenvalue weighted by atomic mass is 9.74. The summed E-state index contributed by atoms with van der Waals surface area (Å²) in [7, 11) is 0. The summed E-state index contributed by atoms with van der Waals surface area (Å²) in [4.78, 5) is 0. The summed E-state index contributed by atoms with van der Waals surface area (Å²) in [6.07, 6.45) is 23.6. The van der Waals surface area contributed by atoms with Crippen molar-refractivity contribution in [3.8, 4) is 0 Å². The Balaban J connectivity index is 1.49. The number of hydrogen-bond acceptors (Lipinski definition) is 4. The first-order valence-electron chi connectivity index (χ1n) is 11.7. The lowest BCUT2D eigenvalue weighted by molar-refractivity contribution is 0.111. The van der Waals surface area contributed by atoms with Gasteiger partial charge < -0.3 is 20.4 Å². The van der Waals surface area contributed by atoms with Crippen molar-refractivity contribution in [3.05, 3.63) is 95.2 Å². The molecule has 4 nitrogen and oxygen atoms in total. The van der Waals surface area contributed by atoms with Gasteiger partial charge in [0.25, 0.3) is 0 Å². The van der Waals surface area contributed by atoms with E-state index in [0.29, 0.717) is 25.7 Å². The minimum absolute atomic E-state index is 0.109. The zero-order valence-electron chi connectivity index (χ0n) is 18.2. The van der Waals surface area contributed by atoms with E-state index in [0.717, 1.165) is 22.3 Å². The molecule has 0 amide bonds. The molecule has 5 aliphatic carbocycles. The van der Waals surface area contributed by atoms with Crippen LogP contribution in [0.2, 0.25) is 0 Å². The number of aliphatic hydroxyl groups is 4. The molecule has 0 aromatic carbocycles. The highest BCUT2D eigenvalue weighted by Gasteiger charge is 2.35. The fraction of sp³-hybridized carbons (Fsp3) is 0.429. The van der Waals surface area contributed by atoms with Gasteiger partial charge in [0.05, 0.1) is 24.4 Å². The molecule has 4 heteroatoms. The predicted molar refractivity (Wildman–Crippen MR) is 125 cm³/mol. The van der Waals surface area contributed by atoms with Crippen LogP contribution in [0.3, 0.4) is 0 Å². The van der Waals surface area contributed by atoms with Gasteiger partial charge in [-0.05, 0) is 48.0 Å². The number of hydrogen-bond donors (Lipinski definition) is 4. The van der Waals surface area contributed by atoms with E-state index in [2.05, 4.69) is 0 Å². The van der Waals surface area contributed by atoms with Crippen LogP contribution in [0.5, 0.6) is 0 Å². The largest absolute Gasteiger partial charge is 0.388 e. The molecule has 4 N–H and O–H groups in total. The Hall–Kier alpha value is -2.24. The Kier molecular flexibility index (Phi) is 6.04. The van der Waals surface area contributed by atoms with Crippen molar-refractivity contribution in [2.24, 2.45) is 23.7 Å². The van der Waals surface area contributed by atoms with Crippen molar-refractivity contribution in [2.45, 2.75) is 50.1 Å². The maximum absolute atomic E-state index is 11.1. The SMILES string of the molecule is OC1C2=CC=CC1CC1=CC=CC(CC3=CC=CC(CC4=CC=CC(C2)C4O)C3O)C1O. The maximum atomic E-state index is 11.1. The number of aliphatic hydroxyl groups excluding tert-OH is 4. The van der Waals surface area contributed by atoms with E-state index < -0.39 is 24.4 Å². The third kappa shape index (κ3) is 4.08. The van der Waals surface area contributed by atoms with Gasteiger partial charge in [0.1, 0.15) is 0 Å². The Bertz CT molecular complexity index is 829. The van der Waals surface area contributed by atoms with Gasteiger partial charge in [-0.2, -0.15) is 0 Å². The molecule has 8 unspecified atom stereocenters. The van der Waals surface area contributed by atoms with Crippen molar-refractivity contribution in [3.63, 3.8) is 0 Å². The molecule has 0 aromatic heterocycles. The lowest BCUT2D eigenvalue weighted by Gasteiger charge is -2.35. The molecule has 0 aliphatic heterocycles. The van der Waals surface area contributed by atoms with Crippen molar-refractivity contribution < 1.29 is 20.4 Å². The summed E-state index contributed by atoms with van der Waals surface area (Å²) in [5, 5.41) is 44.5. The quantitative estimate of drug-likeness (QED) is 0.473. The lowest BCUT2D eigenvalue weighted by Crippen LogP contribution is -2.34. The second-order valence-corrected chi connectivity index (χ2v) is 9.76. The molecule has 1 fully saturated rings. The summed E-state index contributed by atoms with van der Waals surface area (Å²) >= 11 is 0. The number of rotatable bonds is 0. The van der Waals surface area contributed by atoms with Gasteiger partial charge in [-0.25, -0.2) is 0 Å². The van der Waals surface area contributed by atoms with Crippen LogP contribution in [0.4, 0.5) is 0 Å². The van der Waals surface area contributed by atoms with Crippen LogP contribution < -0.4 is 0 Å². The molecule has 0 saturated heterocycles. The molecule has 8 atom stereocenters. The Morgan fingerprint density at radius 1 is 0.406 bits per heavy atom. The average Bonchev–Trinajstić information content (AvgIpc) is 2.78. The van der Waals surface area contributed by atoms with Gasteiger partial charge in [-0.1, -0.05) is 72.9 Å². The van der Waals surface area contributed by atoms with E-state index in [9.17, 15) is 20.4 Å². The van der Waals surface area contributed by atoms with Crippen LogP contribution in [-0.4, -0.2) is 44.8 Å². The summed E-state index contributed by atoms with van der Waals surface area (Å²) < 4.78 is 0. The highest BCUT2D eigenvalue weighted by Crippen LogP contribution is 2.39. The first-order valence-corrected chi connectivity index (χ1v) is 11.7. The molecular formula is C28H32O4. The normalized spacial score (nSPS) is 40.9. The van der Waals surface area contributed by atoms with E-state index in [4.69, 9.17) is 0 Å². The van der Waals surface area contributed by atoms with Gasteiger partial charge in [-0.15, -0.1) is 0 Å². The van der Waals surface area contributed by atoms with Gasteiger partial charge in [0, 0.05) is 23.7 Å². The maximum Gasteiger partial charge on any atom is 0.0819 e. The van der Waals surface area contributed by atoms with Crippen molar-refractivity contribution in [1.29, 1.82) is 0 Å². The number of allylic oxidation sites excluding steroid dienone is 8. The molecule has 5 aliphatic rings. The van der Waals surface area contributed by atoms with Gasteiger partial charge >= 0.3 is 0 Å². The number of fused-ring (bicyclic) bond motifs is 8. The average molecular weight is 433 g/mol.